The summed E-state index contributed by atoms with van der Waals surface area (Å²) in [5, 5.41) is 2.43. The molecule has 9 heteroatoms. The SMILES string of the molecule is CCOC(=O)C1CCCN(C(=O)CN(C)C(=O)c2csc(-c3ccc(OCC)cc3)n2)C1. The molecule has 1 aliphatic heterocycles. The van der Waals surface area contributed by atoms with Gasteiger partial charge in [0.05, 0.1) is 25.7 Å². The lowest BCUT2D eigenvalue weighted by molar-refractivity contribution is -0.151. The molecule has 0 N–H and O–H groups in total. The van der Waals surface area contributed by atoms with Gasteiger partial charge in [-0.05, 0) is 51.0 Å². The Kier molecular flexibility index (Phi) is 8.21. The molecule has 2 heterocycles. The number of carbonyl (C=O) groups is 3. The third-order valence-corrected chi connectivity index (χ3v) is 6.14. The summed E-state index contributed by atoms with van der Waals surface area (Å²) >= 11 is 1.38. The van der Waals surface area contributed by atoms with Crippen LogP contribution in [0.25, 0.3) is 10.6 Å². The lowest BCUT2D eigenvalue weighted by Crippen LogP contribution is -2.47. The van der Waals surface area contributed by atoms with E-state index in [9.17, 15) is 14.4 Å². The number of piperidine rings is 1. The fourth-order valence-corrected chi connectivity index (χ4v) is 4.39. The summed E-state index contributed by atoms with van der Waals surface area (Å²) < 4.78 is 10.5. The minimum Gasteiger partial charge on any atom is -0.494 e. The van der Waals surface area contributed by atoms with Gasteiger partial charge in [-0.2, -0.15) is 0 Å². The van der Waals surface area contributed by atoms with Crippen LogP contribution < -0.4 is 4.74 Å². The highest BCUT2D eigenvalue weighted by Gasteiger charge is 2.30. The first-order valence-electron chi connectivity index (χ1n) is 10.8. The first-order chi connectivity index (χ1) is 15.4. The predicted molar refractivity (Wildman–Crippen MR) is 122 cm³/mol. The molecule has 0 spiro atoms. The molecule has 1 unspecified atom stereocenters. The number of thiazole rings is 1. The maximum absolute atomic E-state index is 12.8. The van der Waals surface area contributed by atoms with E-state index in [1.165, 1.54) is 16.2 Å². The van der Waals surface area contributed by atoms with Crippen molar-refractivity contribution in [3.8, 4) is 16.3 Å². The second-order valence-corrected chi connectivity index (χ2v) is 8.45. The van der Waals surface area contributed by atoms with Gasteiger partial charge < -0.3 is 19.3 Å². The fraction of sp³-hybridized carbons (Fsp3) is 0.478. The minimum absolute atomic E-state index is 0.0652. The molecular formula is C23H29N3O5S. The Labute approximate surface area is 192 Å². The van der Waals surface area contributed by atoms with Crippen LogP contribution in [0.2, 0.25) is 0 Å². The number of aromatic nitrogens is 1. The molecular weight excluding hydrogens is 430 g/mol. The monoisotopic (exact) mass is 459 g/mol. The van der Waals surface area contributed by atoms with Crippen LogP contribution in [0.1, 0.15) is 37.2 Å². The third kappa shape index (κ3) is 5.85. The van der Waals surface area contributed by atoms with E-state index >= 15 is 0 Å². The molecule has 2 amide bonds. The molecule has 1 aromatic carbocycles. The van der Waals surface area contributed by atoms with Gasteiger partial charge in [0.25, 0.3) is 5.91 Å². The van der Waals surface area contributed by atoms with Crippen molar-refractivity contribution in [1.82, 2.24) is 14.8 Å². The molecule has 1 aromatic heterocycles. The molecule has 0 aliphatic carbocycles. The summed E-state index contributed by atoms with van der Waals surface area (Å²) in [5.41, 5.74) is 1.20. The highest BCUT2D eigenvalue weighted by Crippen LogP contribution is 2.26. The Morgan fingerprint density at radius 1 is 1.19 bits per heavy atom. The van der Waals surface area contributed by atoms with Crippen LogP contribution in [0.3, 0.4) is 0 Å². The van der Waals surface area contributed by atoms with Crippen molar-refractivity contribution in [3.63, 3.8) is 0 Å². The van der Waals surface area contributed by atoms with E-state index in [0.29, 0.717) is 38.4 Å². The van der Waals surface area contributed by atoms with Gasteiger partial charge in [0.1, 0.15) is 16.5 Å². The van der Waals surface area contributed by atoms with Gasteiger partial charge in [-0.1, -0.05) is 0 Å². The number of carbonyl (C=O) groups excluding carboxylic acids is 3. The molecule has 32 heavy (non-hydrogen) atoms. The van der Waals surface area contributed by atoms with E-state index in [0.717, 1.165) is 22.7 Å². The van der Waals surface area contributed by atoms with Crippen molar-refractivity contribution in [2.75, 3.05) is 39.9 Å². The van der Waals surface area contributed by atoms with Gasteiger partial charge in [-0.15, -0.1) is 11.3 Å². The number of amides is 2. The Morgan fingerprint density at radius 3 is 2.62 bits per heavy atom. The quantitative estimate of drug-likeness (QED) is 0.564. The van der Waals surface area contributed by atoms with Crippen LogP contribution in [0.4, 0.5) is 0 Å². The number of ether oxygens (including phenoxy) is 2. The van der Waals surface area contributed by atoms with Crippen molar-refractivity contribution in [2.24, 2.45) is 5.92 Å². The highest BCUT2D eigenvalue weighted by atomic mass is 32.1. The standard InChI is InChI=1S/C23H29N3O5S/c1-4-30-18-10-8-16(9-11-18)21-24-19(15-32-21)22(28)25(3)14-20(27)26-12-6-7-17(13-26)23(29)31-5-2/h8-11,15,17H,4-7,12-14H2,1-3H3. The molecule has 8 nitrogen and oxygen atoms in total. The number of esters is 1. The molecule has 0 radical (unpaired) electrons. The van der Waals surface area contributed by atoms with Crippen LogP contribution in [-0.2, 0) is 14.3 Å². The number of hydrogen-bond donors (Lipinski definition) is 0. The molecule has 1 atom stereocenters. The summed E-state index contributed by atoms with van der Waals surface area (Å²) in [4.78, 5) is 45.0. The highest BCUT2D eigenvalue weighted by molar-refractivity contribution is 7.13. The molecule has 1 fully saturated rings. The summed E-state index contributed by atoms with van der Waals surface area (Å²) in [7, 11) is 1.59. The molecule has 0 saturated carbocycles. The van der Waals surface area contributed by atoms with Crippen molar-refractivity contribution >= 4 is 29.1 Å². The van der Waals surface area contributed by atoms with Gasteiger partial charge in [0.2, 0.25) is 5.91 Å². The Morgan fingerprint density at radius 2 is 1.94 bits per heavy atom. The van der Waals surface area contributed by atoms with Gasteiger partial charge in [-0.3, -0.25) is 14.4 Å². The van der Waals surface area contributed by atoms with Gasteiger partial charge >= 0.3 is 5.97 Å². The molecule has 172 valence electrons. The Bertz CT molecular complexity index is 943. The number of hydrogen-bond acceptors (Lipinski definition) is 7. The fourth-order valence-electron chi connectivity index (χ4n) is 3.59. The Hall–Kier alpha value is -2.94. The topological polar surface area (TPSA) is 89.0 Å². The maximum Gasteiger partial charge on any atom is 0.310 e. The van der Waals surface area contributed by atoms with E-state index in [1.807, 2.05) is 31.2 Å². The van der Waals surface area contributed by atoms with Crippen molar-refractivity contribution in [3.05, 3.63) is 35.3 Å². The molecule has 2 aromatic rings. The van der Waals surface area contributed by atoms with Crippen LogP contribution >= 0.6 is 11.3 Å². The Balaban J connectivity index is 1.58. The zero-order valence-electron chi connectivity index (χ0n) is 18.7. The number of benzene rings is 1. The summed E-state index contributed by atoms with van der Waals surface area (Å²) in [6.07, 6.45) is 1.45. The molecule has 1 saturated heterocycles. The first-order valence-corrected chi connectivity index (χ1v) is 11.7. The average Bonchev–Trinajstić information content (AvgIpc) is 3.29. The van der Waals surface area contributed by atoms with Crippen LogP contribution in [0.5, 0.6) is 5.75 Å². The molecule has 3 rings (SSSR count). The largest absolute Gasteiger partial charge is 0.494 e. The van der Waals surface area contributed by atoms with Crippen LogP contribution in [0.15, 0.2) is 29.6 Å². The zero-order chi connectivity index (χ0) is 23.1. The summed E-state index contributed by atoms with van der Waals surface area (Å²) in [6.45, 7) is 5.47. The van der Waals surface area contributed by atoms with Crippen molar-refractivity contribution in [1.29, 1.82) is 0 Å². The van der Waals surface area contributed by atoms with E-state index in [-0.39, 0.29) is 30.2 Å². The maximum atomic E-state index is 12.8. The van der Waals surface area contributed by atoms with Crippen molar-refractivity contribution < 1.29 is 23.9 Å². The van der Waals surface area contributed by atoms with E-state index in [4.69, 9.17) is 9.47 Å². The lowest BCUT2D eigenvalue weighted by atomic mass is 9.98. The predicted octanol–water partition coefficient (Wildman–Crippen LogP) is 3.08. The smallest absolute Gasteiger partial charge is 0.310 e. The number of rotatable bonds is 8. The number of likely N-dealkylation sites (N-methyl/N-ethyl adjacent to an activating group) is 1. The van der Waals surface area contributed by atoms with Gasteiger partial charge in [-0.25, -0.2) is 4.98 Å². The second-order valence-electron chi connectivity index (χ2n) is 7.59. The van der Waals surface area contributed by atoms with Crippen molar-refractivity contribution in [2.45, 2.75) is 26.7 Å². The lowest BCUT2D eigenvalue weighted by Gasteiger charge is -2.32. The zero-order valence-corrected chi connectivity index (χ0v) is 19.5. The number of likely N-dealkylation sites (tertiary alicyclic amines) is 1. The van der Waals surface area contributed by atoms with Gasteiger partial charge in [0.15, 0.2) is 0 Å². The molecule has 0 bridgehead atoms. The van der Waals surface area contributed by atoms with Crippen LogP contribution in [-0.4, -0.2) is 72.5 Å². The normalized spacial score (nSPS) is 15.8. The minimum atomic E-state index is -0.314. The van der Waals surface area contributed by atoms with Crippen LogP contribution in [0, 0.1) is 5.92 Å². The average molecular weight is 460 g/mol. The number of nitrogens with zero attached hydrogens (tertiary/aromatic N) is 3. The summed E-state index contributed by atoms with van der Waals surface area (Å²) in [6, 6.07) is 7.55. The van der Waals surface area contributed by atoms with E-state index in [1.54, 1.807) is 24.3 Å². The first kappa shape index (κ1) is 23.7. The van der Waals surface area contributed by atoms with E-state index in [2.05, 4.69) is 4.98 Å². The molecule has 1 aliphatic rings. The third-order valence-electron chi connectivity index (χ3n) is 5.25. The summed E-state index contributed by atoms with van der Waals surface area (Å²) in [5.74, 6) is -0.282. The second kappa shape index (κ2) is 11.1. The van der Waals surface area contributed by atoms with Gasteiger partial charge in [0, 0.05) is 31.1 Å². The van der Waals surface area contributed by atoms with E-state index < -0.39 is 0 Å².